The first-order valence-corrected chi connectivity index (χ1v) is 18.2. The van der Waals surface area contributed by atoms with E-state index in [0.717, 1.165) is 30.4 Å². The largest absolute Gasteiger partial charge is 0.489 e. The topological polar surface area (TPSA) is 116 Å². The highest BCUT2D eigenvalue weighted by Gasteiger charge is 2.28. The van der Waals surface area contributed by atoms with Crippen LogP contribution in [0.2, 0.25) is 0 Å². The summed E-state index contributed by atoms with van der Waals surface area (Å²) in [5.41, 5.74) is 4.29. The molecule has 4 N–H and O–H groups in total. The number of unbranched alkanes of at least 4 members (excludes halogenated alkanes) is 12. The predicted molar refractivity (Wildman–Crippen MR) is 176 cm³/mol. The van der Waals surface area contributed by atoms with Gasteiger partial charge in [0.05, 0.1) is 18.3 Å². The van der Waals surface area contributed by atoms with E-state index in [1.54, 1.807) is 0 Å². The molecular weight excluding hydrogens is 561 g/mol. The summed E-state index contributed by atoms with van der Waals surface area (Å²) < 4.78 is 17.5. The number of amides is 1. The zero-order valence-electron chi connectivity index (χ0n) is 26.7. The maximum atomic E-state index is 12.7. The molecule has 0 heterocycles. The monoisotopic (exact) mass is 617 g/mol. The van der Waals surface area contributed by atoms with Crippen molar-refractivity contribution < 1.29 is 29.0 Å². The van der Waals surface area contributed by atoms with Crippen LogP contribution in [0.3, 0.4) is 0 Å². The van der Waals surface area contributed by atoms with Crippen LogP contribution in [-0.4, -0.2) is 39.1 Å². The first-order chi connectivity index (χ1) is 20.6. The quantitative estimate of drug-likeness (QED) is 0.0743. The second-order valence-corrected chi connectivity index (χ2v) is 13.9. The minimum atomic E-state index is -4.45. The summed E-state index contributed by atoms with van der Waals surface area (Å²) in [4.78, 5) is 31.5. The molecular formula is C35H56NO6P. The summed E-state index contributed by atoms with van der Waals surface area (Å²) in [6.07, 6.45) is 14.5. The summed E-state index contributed by atoms with van der Waals surface area (Å²) >= 11 is 0. The predicted octanol–water partition coefficient (Wildman–Crippen LogP) is 7.93. The smallest absolute Gasteiger partial charge is 0.328 e. The maximum Gasteiger partial charge on any atom is 0.328 e. The number of aryl methyl sites for hydroxylation is 2. The number of rotatable bonds is 23. The number of carbonyl (C=O) groups excluding carboxylic acids is 1. The van der Waals surface area contributed by atoms with E-state index in [0.29, 0.717) is 18.8 Å². The number of carbonyl (C=O) groups is 1. The molecule has 43 heavy (non-hydrogen) atoms. The van der Waals surface area contributed by atoms with Crippen LogP contribution in [-0.2, 0) is 22.4 Å². The van der Waals surface area contributed by atoms with Gasteiger partial charge in [0.15, 0.2) is 0 Å². The van der Waals surface area contributed by atoms with Crippen LogP contribution in [0.25, 0.3) is 0 Å². The fraction of sp³-hybridized carbons (Fsp3) is 0.629. The van der Waals surface area contributed by atoms with Crippen molar-refractivity contribution >= 4 is 13.5 Å². The van der Waals surface area contributed by atoms with E-state index in [9.17, 15) is 24.3 Å². The van der Waals surface area contributed by atoms with Gasteiger partial charge in [-0.15, -0.1) is 0 Å². The van der Waals surface area contributed by atoms with Crippen LogP contribution in [0, 0.1) is 13.8 Å². The minimum absolute atomic E-state index is 0.203. The second-order valence-electron chi connectivity index (χ2n) is 12.2. The third-order valence-electron chi connectivity index (χ3n) is 7.81. The average Bonchev–Trinajstić information content (AvgIpc) is 2.93. The van der Waals surface area contributed by atoms with Gasteiger partial charge in [-0.1, -0.05) is 125 Å². The molecule has 0 aliphatic carbocycles. The summed E-state index contributed by atoms with van der Waals surface area (Å²) in [5.74, 6) is 0.493. The van der Waals surface area contributed by atoms with Crippen LogP contribution >= 0.6 is 7.60 Å². The Labute approximate surface area is 260 Å². The van der Waals surface area contributed by atoms with Crippen molar-refractivity contribution in [2.45, 2.75) is 136 Å². The molecule has 0 aliphatic heterocycles. The molecule has 2 rings (SSSR count). The van der Waals surface area contributed by atoms with Gasteiger partial charge < -0.3 is 24.9 Å². The average molecular weight is 618 g/mol. The molecule has 242 valence electrons. The molecule has 0 radical (unpaired) electrons. The van der Waals surface area contributed by atoms with Crippen molar-refractivity contribution in [1.82, 2.24) is 5.32 Å². The lowest BCUT2D eigenvalue weighted by Gasteiger charge is -2.25. The summed E-state index contributed by atoms with van der Waals surface area (Å²) in [5, 5.41) is 13.5. The van der Waals surface area contributed by atoms with Crippen molar-refractivity contribution in [1.29, 1.82) is 0 Å². The van der Waals surface area contributed by atoms with Crippen molar-refractivity contribution in [3.05, 3.63) is 64.7 Å². The standard InChI is InChI=1S/C35H56NO6P/c1-4-5-6-7-8-9-10-11-12-13-14-15-16-17-35(38)36-33(34(37)27-43(39,40)41)25-30-18-20-32(21-19-30)42-26-31-23-28(2)22-29(3)24-31/h18-24,33-34,37H,4-17,25-27H2,1-3H3,(H,36,38)(H2,39,40,41)/t33-,34-/m0/s1. The maximum absolute atomic E-state index is 12.7. The molecule has 2 atom stereocenters. The first kappa shape index (κ1) is 37.0. The van der Waals surface area contributed by atoms with Crippen molar-refractivity contribution in [3.8, 4) is 5.75 Å². The molecule has 7 nitrogen and oxygen atoms in total. The number of hydrogen-bond donors (Lipinski definition) is 4. The number of benzene rings is 2. The zero-order chi connectivity index (χ0) is 31.5. The highest BCUT2D eigenvalue weighted by molar-refractivity contribution is 7.51. The number of ether oxygens (including phenoxy) is 1. The SMILES string of the molecule is CCCCCCCCCCCCCCCC(=O)N[C@@H](Cc1ccc(OCc2cc(C)cc(C)c2)cc1)[C@@H](O)CP(=O)(O)O. The fourth-order valence-electron chi connectivity index (χ4n) is 5.53. The van der Waals surface area contributed by atoms with E-state index < -0.39 is 25.9 Å². The zero-order valence-corrected chi connectivity index (χ0v) is 27.6. The lowest BCUT2D eigenvalue weighted by molar-refractivity contribution is -0.122. The Morgan fingerprint density at radius 3 is 1.81 bits per heavy atom. The molecule has 0 aromatic heterocycles. The third kappa shape index (κ3) is 17.6. The van der Waals surface area contributed by atoms with Crippen LogP contribution in [0.1, 0.15) is 119 Å². The second kappa shape index (κ2) is 20.7. The van der Waals surface area contributed by atoms with Crippen molar-refractivity contribution in [3.63, 3.8) is 0 Å². The van der Waals surface area contributed by atoms with Crippen LogP contribution < -0.4 is 10.1 Å². The highest BCUT2D eigenvalue weighted by Crippen LogP contribution is 2.36. The Morgan fingerprint density at radius 1 is 0.791 bits per heavy atom. The lowest BCUT2D eigenvalue weighted by Crippen LogP contribution is -2.46. The number of aliphatic hydroxyl groups is 1. The Morgan fingerprint density at radius 2 is 1.30 bits per heavy atom. The van der Waals surface area contributed by atoms with E-state index in [-0.39, 0.29) is 12.3 Å². The Balaban J connectivity index is 1.75. The Bertz CT molecular complexity index is 1080. The van der Waals surface area contributed by atoms with Crippen molar-refractivity contribution in [2.24, 2.45) is 0 Å². The lowest BCUT2D eigenvalue weighted by atomic mass is 10.0. The highest BCUT2D eigenvalue weighted by atomic mass is 31.2. The van der Waals surface area contributed by atoms with Gasteiger partial charge in [-0.25, -0.2) is 0 Å². The number of aliphatic hydroxyl groups excluding tert-OH is 1. The molecule has 0 unspecified atom stereocenters. The first-order valence-electron chi connectivity index (χ1n) is 16.4. The van der Waals surface area contributed by atoms with Gasteiger partial charge in [0.2, 0.25) is 5.91 Å². The molecule has 0 saturated carbocycles. The molecule has 2 aromatic carbocycles. The normalized spacial score (nSPS) is 13.1. The van der Waals surface area contributed by atoms with E-state index in [1.807, 2.05) is 24.3 Å². The van der Waals surface area contributed by atoms with Gasteiger partial charge in [0.25, 0.3) is 0 Å². The van der Waals surface area contributed by atoms with Crippen LogP contribution in [0.5, 0.6) is 5.75 Å². The fourth-order valence-corrected chi connectivity index (χ4v) is 6.27. The van der Waals surface area contributed by atoms with Gasteiger partial charge in [0.1, 0.15) is 12.4 Å². The van der Waals surface area contributed by atoms with Gasteiger partial charge in [0, 0.05) is 6.42 Å². The number of hydrogen-bond acceptors (Lipinski definition) is 4. The Hall–Kier alpha value is -2.18. The molecule has 1 amide bonds. The summed E-state index contributed by atoms with van der Waals surface area (Å²) in [6.45, 7) is 6.80. The van der Waals surface area contributed by atoms with Crippen molar-refractivity contribution in [2.75, 3.05) is 6.16 Å². The Kier molecular flexibility index (Phi) is 17.8. The van der Waals surface area contributed by atoms with Gasteiger partial charge in [-0.3, -0.25) is 9.36 Å². The van der Waals surface area contributed by atoms with Crippen LogP contribution in [0.4, 0.5) is 0 Å². The van der Waals surface area contributed by atoms with E-state index in [2.05, 4.69) is 44.3 Å². The van der Waals surface area contributed by atoms with E-state index in [1.165, 1.54) is 75.3 Å². The molecule has 0 bridgehead atoms. The minimum Gasteiger partial charge on any atom is -0.489 e. The van der Waals surface area contributed by atoms with E-state index >= 15 is 0 Å². The van der Waals surface area contributed by atoms with Crippen LogP contribution in [0.15, 0.2) is 42.5 Å². The summed E-state index contributed by atoms with van der Waals surface area (Å²) in [6, 6.07) is 12.9. The molecule has 0 saturated heterocycles. The molecule has 2 aromatic rings. The molecule has 0 fully saturated rings. The van der Waals surface area contributed by atoms with Gasteiger partial charge in [-0.05, 0) is 49.9 Å². The molecule has 0 aliphatic rings. The third-order valence-corrected chi connectivity index (χ3v) is 8.66. The van der Waals surface area contributed by atoms with Gasteiger partial charge in [-0.2, -0.15) is 0 Å². The van der Waals surface area contributed by atoms with E-state index in [4.69, 9.17) is 4.74 Å². The number of nitrogens with one attached hydrogen (secondary N) is 1. The molecule has 0 spiro atoms. The summed E-state index contributed by atoms with van der Waals surface area (Å²) in [7, 11) is -4.45. The van der Waals surface area contributed by atoms with Gasteiger partial charge >= 0.3 is 7.60 Å². The molecule has 8 heteroatoms.